The predicted octanol–water partition coefficient (Wildman–Crippen LogP) is 1.46. The maximum Gasteiger partial charge on any atom is 0.222 e. The molecule has 0 saturated carbocycles. The molecule has 2 aliphatic heterocycles. The van der Waals surface area contributed by atoms with Crippen molar-refractivity contribution >= 4 is 5.91 Å². The molecule has 0 aliphatic carbocycles. The van der Waals surface area contributed by atoms with Gasteiger partial charge in [-0.3, -0.25) is 4.79 Å². The molecule has 1 amide bonds. The average molecular weight is 267 g/mol. The van der Waals surface area contributed by atoms with Gasteiger partial charge in [-0.15, -0.1) is 0 Å². The predicted molar refractivity (Wildman–Crippen MR) is 78.2 cm³/mol. The van der Waals surface area contributed by atoms with E-state index < -0.39 is 0 Å². The molecule has 0 aromatic carbocycles. The van der Waals surface area contributed by atoms with Gasteiger partial charge in [-0.1, -0.05) is 6.42 Å². The van der Waals surface area contributed by atoms with Crippen LogP contribution >= 0.6 is 0 Å². The van der Waals surface area contributed by atoms with E-state index in [0.29, 0.717) is 12.3 Å². The minimum Gasteiger partial charge on any atom is -0.343 e. The Bertz CT molecular complexity index is 269. The van der Waals surface area contributed by atoms with Crippen LogP contribution in [0.4, 0.5) is 0 Å². The number of nitrogens with zero attached hydrogens (tertiary/aromatic N) is 2. The van der Waals surface area contributed by atoms with Crippen LogP contribution in [0.15, 0.2) is 0 Å². The van der Waals surface area contributed by atoms with E-state index in [0.717, 1.165) is 32.1 Å². The summed E-state index contributed by atoms with van der Waals surface area (Å²) in [5.41, 5.74) is 0. The minimum atomic E-state index is 0.354. The van der Waals surface area contributed by atoms with Crippen molar-refractivity contribution in [3.8, 4) is 0 Å². The second-order valence-corrected chi connectivity index (χ2v) is 5.92. The molecule has 0 atom stereocenters. The van der Waals surface area contributed by atoms with Crippen LogP contribution in [0.25, 0.3) is 0 Å². The van der Waals surface area contributed by atoms with Crippen LogP contribution in [-0.2, 0) is 4.79 Å². The molecule has 0 radical (unpaired) electrons. The Morgan fingerprint density at radius 1 is 1.11 bits per heavy atom. The third kappa shape index (κ3) is 4.46. The molecule has 2 fully saturated rings. The fourth-order valence-corrected chi connectivity index (χ4v) is 3.34. The Morgan fingerprint density at radius 2 is 1.79 bits per heavy atom. The summed E-state index contributed by atoms with van der Waals surface area (Å²) < 4.78 is 0. The van der Waals surface area contributed by atoms with Gasteiger partial charge >= 0.3 is 0 Å². The second kappa shape index (κ2) is 7.85. The van der Waals surface area contributed by atoms with Gasteiger partial charge in [-0.25, -0.2) is 0 Å². The number of nitrogens with one attached hydrogen (secondary N) is 1. The average Bonchev–Trinajstić information content (AvgIpc) is 2.48. The lowest BCUT2D eigenvalue weighted by Crippen LogP contribution is -2.48. The maximum atomic E-state index is 12.0. The van der Waals surface area contributed by atoms with Crippen molar-refractivity contribution in [2.75, 3.05) is 39.8 Å². The number of carbonyl (C=O) groups is 1. The molecule has 0 bridgehead atoms. The van der Waals surface area contributed by atoms with Crippen molar-refractivity contribution in [3.63, 3.8) is 0 Å². The monoisotopic (exact) mass is 267 g/mol. The van der Waals surface area contributed by atoms with Crippen LogP contribution in [-0.4, -0.2) is 61.5 Å². The molecule has 4 heteroatoms. The Hall–Kier alpha value is -0.610. The van der Waals surface area contributed by atoms with E-state index in [2.05, 4.69) is 15.1 Å². The van der Waals surface area contributed by atoms with Gasteiger partial charge in [0, 0.05) is 25.6 Å². The van der Waals surface area contributed by atoms with Crippen molar-refractivity contribution in [2.24, 2.45) is 0 Å². The van der Waals surface area contributed by atoms with Crippen LogP contribution in [0.1, 0.15) is 44.9 Å². The summed E-state index contributed by atoms with van der Waals surface area (Å²) in [7, 11) is 1.94. The summed E-state index contributed by atoms with van der Waals surface area (Å²) in [6, 6.07) is 0.738. The van der Waals surface area contributed by atoms with Crippen LogP contribution in [0.5, 0.6) is 0 Å². The highest BCUT2D eigenvalue weighted by atomic mass is 16.2. The first-order valence-electron chi connectivity index (χ1n) is 7.97. The molecule has 0 spiro atoms. The number of carbonyl (C=O) groups excluding carboxylic acids is 1. The highest BCUT2D eigenvalue weighted by Gasteiger charge is 2.27. The van der Waals surface area contributed by atoms with E-state index in [-0.39, 0.29) is 0 Å². The van der Waals surface area contributed by atoms with Gasteiger partial charge in [0.05, 0.1) is 0 Å². The van der Waals surface area contributed by atoms with Gasteiger partial charge in [0.2, 0.25) is 5.91 Å². The zero-order valence-electron chi connectivity index (χ0n) is 12.4. The first-order chi connectivity index (χ1) is 9.31. The van der Waals surface area contributed by atoms with Crippen LogP contribution in [0.3, 0.4) is 0 Å². The Balaban J connectivity index is 1.68. The summed E-state index contributed by atoms with van der Waals surface area (Å²) in [6.07, 6.45) is 8.15. The first kappa shape index (κ1) is 14.8. The fraction of sp³-hybridized carbons (Fsp3) is 0.933. The lowest BCUT2D eigenvalue weighted by Gasteiger charge is -2.40. The van der Waals surface area contributed by atoms with Crippen molar-refractivity contribution < 1.29 is 4.79 Å². The molecule has 2 rings (SSSR count). The fourth-order valence-electron chi connectivity index (χ4n) is 3.34. The number of rotatable bonds is 5. The Kier molecular flexibility index (Phi) is 6.11. The van der Waals surface area contributed by atoms with E-state index >= 15 is 0 Å². The summed E-state index contributed by atoms with van der Waals surface area (Å²) in [4.78, 5) is 16.8. The maximum absolute atomic E-state index is 12.0. The van der Waals surface area contributed by atoms with E-state index in [1.165, 1.54) is 45.2 Å². The molecule has 110 valence electrons. The number of hydrogen-bond acceptors (Lipinski definition) is 3. The Morgan fingerprint density at radius 3 is 2.42 bits per heavy atom. The summed E-state index contributed by atoms with van der Waals surface area (Å²) in [5, 5.41) is 3.10. The van der Waals surface area contributed by atoms with Crippen molar-refractivity contribution in [1.29, 1.82) is 0 Å². The van der Waals surface area contributed by atoms with E-state index in [1.807, 2.05) is 7.05 Å². The largest absolute Gasteiger partial charge is 0.343 e. The van der Waals surface area contributed by atoms with Crippen LogP contribution in [0, 0.1) is 0 Å². The van der Waals surface area contributed by atoms with Gasteiger partial charge in [0.25, 0.3) is 0 Å². The van der Waals surface area contributed by atoms with Crippen LogP contribution < -0.4 is 5.32 Å². The van der Waals surface area contributed by atoms with Gasteiger partial charge in [0.1, 0.15) is 0 Å². The summed E-state index contributed by atoms with van der Waals surface area (Å²) >= 11 is 0. The summed E-state index contributed by atoms with van der Waals surface area (Å²) in [6.45, 7) is 5.44. The molecule has 2 saturated heterocycles. The zero-order chi connectivity index (χ0) is 13.5. The molecule has 0 aromatic rings. The van der Waals surface area contributed by atoms with Crippen molar-refractivity contribution in [3.05, 3.63) is 0 Å². The minimum absolute atomic E-state index is 0.354. The van der Waals surface area contributed by atoms with Gasteiger partial charge in [0.15, 0.2) is 0 Å². The van der Waals surface area contributed by atoms with Gasteiger partial charge in [-0.2, -0.15) is 0 Å². The van der Waals surface area contributed by atoms with Crippen LogP contribution in [0.2, 0.25) is 0 Å². The van der Waals surface area contributed by atoms with E-state index in [9.17, 15) is 4.79 Å². The van der Waals surface area contributed by atoms with Crippen molar-refractivity contribution in [1.82, 2.24) is 15.1 Å². The van der Waals surface area contributed by atoms with E-state index in [1.54, 1.807) is 0 Å². The standard InChI is InChI=1S/C15H29N3O/c1-16-9-5-6-15(19)18-12-7-14(8-13-18)17-10-3-2-4-11-17/h14,16H,2-13H2,1H3. The lowest BCUT2D eigenvalue weighted by atomic mass is 9.99. The molecule has 0 unspecified atom stereocenters. The molecule has 0 aromatic heterocycles. The molecule has 2 heterocycles. The number of amides is 1. The smallest absolute Gasteiger partial charge is 0.222 e. The highest BCUT2D eigenvalue weighted by molar-refractivity contribution is 5.76. The molecule has 4 nitrogen and oxygen atoms in total. The molecular formula is C15H29N3O. The SMILES string of the molecule is CNCCCC(=O)N1CCC(N2CCCCC2)CC1. The molecular weight excluding hydrogens is 238 g/mol. The topological polar surface area (TPSA) is 35.6 Å². The molecule has 1 N–H and O–H groups in total. The van der Waals surface area contributed by atoms with Gasteiger partial charge < -0.3 is 15.1 Å². The number of likely N-dealkylation sites (tertiary alicyclic amines) is 2. The third-order valence-electron chi connectivity index (χ3n) is 4.54. The second-order valence-electron chi connectivity index (χ2n) is 5.92. The van der Waals surface area contributed by atoms with E-state index in [4.69, 9.17) is 0 Å². The van der Waals surface area contributed by atoms with Crippen molar-refractivity contribution in [2.45, 2.75) is 51.0 Å². The molecule has 2 aliphatic rings. The molecule has 19 heavy (non-hydrogen) atoms. The highest BCUT2D eigenvalue weighted by Crippen LogP contribution is 2.21. The zero-order valence-corrected chi connectivity index (χ0v) is 12.4. The van der Waals surface area contributed by atoms with Gasteiger partial charge in [-0.05, 0) is 58.8 Å². The Labute approximate surface area is 117 Å². The summed E-state index contributed by atoms with van der Waals surface area (Å²) in [5.74, 6) is 0.354. The number of piperidine rings is 2. The lowest BCUT2D eigenvalue weighted by molar-refractivity contribution is -0.132. The first-order valence-corrected chi connectivity index (χ1v) is 7.97. The number of hydrogen-bond donors (Lipinski definition) is 1. The normalized spacial score (nSPS) is 22.7. The quantitative estimate of drug-likeness (QED) is 0.766. The third-order valence-corrected chi connectivity index (χ3v) is 4.54.